The van der Waals surface area contributed by atoms with Crippen LogP contribution in [0, 0.1) is 6.92 Å². The van der Waals surface area contributed by atoms with E-state index in [1.54, 1.807) is 7.11 Å². The second-order valence-corrected chi connectivity index (χ2v) is 7.85. The lowest BCUT2D eigenvalue weighted by atomic mass is 9.93. The number of fused-ring (bicyclic) bond motifs is 1. The molecule has 4 rings (SSSR count). The summed E-state index contributed by atoms with van der Waals surface area (Å²) in [6.45, 7) is 4.94. The topological polar surface area (TPSA) is 41.5 Å². The van der Waals surface area contributed by atoms with Gasteiger partial charge in [0.25, 0.3) is 0 Å². The molecule has 0 amide bonds. The maximum Gasteiger partial charge on any atom is 0.118 e. The van der Waals surface area contributed by atoms with Crippen molar-refractivity contribution in [2.75, 3.05) is 34.3 Å². The summed E-state index contributed by atoms with van der Waals surface area (Å²) in [6, 6.07) is 17.1. The molecular weight excluding hydrogens is 348 g/mol. The average Bonchev–Trinajstić information content (AvgIpc) is 3.13. The van der Waals surface area contributed by atoms with Gasteiger partial charge in [-0.3, -0.25) is 4.90 Å². The van der Waals surface area contributed by atoms with E-state index in [0.717, 1.165) is 47.8 Å². The largest absolute Gasteiger partial charge is 0.497 e. The van der Waals surface area contributed by atoms with E-state index >= 15 is 0 Å². The molecule has 0 aliphatic carbocycles. The lowest BCUT2D eigenvalue weighted by Crippen LogP contribution is -2.34. The fourth-order valence-corrected chi connectivity index (χ4v) is 4.18. The number of likely N-dealkylation sites (N-methyl/N-ethyl adjacent to an activating group) is 1. The standard InChI is InChI=1S/C23H28N4O/c1-16-22(25-21-8-6-5-7-20(21)24-16)14-27-13-19(23(15-27)26(2)3)17-9-11-18(28-4)12-10-17/h5-12,19,23H,13-15H2,1-4H3. The van der Waals surface area contributed by atoms with Crippen LogP contribution in [0.3, 0.4) is 0 Å². The molecule has 0 saturated carbocycles. The van der Waals surface area contributed by atoms with Crippen molar-refractivity contribution >= 4 is 11.0 Å². The molecule has 0 bridgehead atoms. The Hall–Kier alpha value is -2.50. The van der Waals surface area contributed by atoms with Crippen LogP contribution in [-0.2, 0) is 6.54 Å². The SMILES string of the molecule is COc1ccc(C2CN(Cc3nc4ccccc4nc3C)CC2N(C)C)cc1. The zero-order valence-electron chi connectivity index (χ0n) is 17.1. The predicted molar refractivity (Wildman–Crippen MR) is 113 cm³/mol. The van der Waals surface area contributed by atoms with Crippen molar-refractivity contribution in [3.05, 3.63) is 65.5 Å². The molecule has 1 aliphatic rings. The molecule has 1 saturated heterocycles. The summed E-state index contributed by atoms with van der Waals surface area (Å²) in [7, 11) is 6.05. The Labute approximate surface area is 167 Å². The van der Waals surface area contributed by atoms with Crippen LogP contribution >= 0.6 is 0 Å². The van der Waals surface area contributed by atoms with Gasteiger partial charge >= 0.3 is 0 Å². The Kier molecular flexibility index (Phi) is 5.29. The summed E-state index contributed by atoms with van der Waals surface area (Å²) in [5, 5.41) is 0. The van der Waals surface area contributed by atoms with Crippen LogP contribution in [0.2, 0.25) is 0 Å². The third kappa shape index (κ3) is 3.73. The molecule has 146 valence electrons. The van der Waals surface area contributed by atoms with Gasteiger partial charge in [-0.05, 0) is 50.8 Å². The van der Waals surface area contributed by atoms with Crippen molar-refractivity contribution in [1.29, 1.82) is 0 Å². The van der Waals surface area contributed by atoms with Gasteiger partial charge in [0.1, 0.15) is 5.75 Å². The number of nitrogens with zero attached hydrogens (tertiary/aromatic N) is 4. The van der Waals surface area contributed by atoms with Crippen LogP contribution in [0.1, 0.15) is 22.9 Å². The van der Waals surface area contributed by atoms with E-state index in [0.29, 0.717) is 12.0 Å². The van der Waals surface area contributed by atoms with Gasteiger partial charge in [-0.1, -0.05) is 24.3 Å². The zero-order chi connectivity index (χ0) is 19.7. The number of aryl methyl sites for hydroxylation is 1. The highest BCUT2D eigenvalue weighted by Gasteiger charge is 2.35. The number of para-hydroxylation sites is 2. The number of benzene rings is 2. The summed E-state index contributed by atoms with van der Waals surface area (Å²) in [5.41, 5.74) is 5.40. The first-order valence-corrected chi connectivity index (χ1v) is 9.80. The molecule has 3 aromatic rings. The molecule has 2 heterocycles. The van der Waals surface area contributed by atoms with E-state index in [1.807, 2.05) is 24.3 Å². The molecule has 1 aromatic heterocycles. The molecule has 2 atom stereocenters. The monoisotopic (exact) mass is 376 g/mol. The van der Waals surface area contributed by atoms with E-state index in [2.05, 4.69) is 55.1 Å². The molecule has 1 fully saturated rings. The number of likely N-dealkylation sites (tertiary alicyclic amines) is 1. The average molecular weight is 377 g/mol. The highest BCUT2D eigenvalue weighted by atomic mass is 16.5. The van der Waals surface area contributed by atoms with E-state index in [1.165, 1.54) is 5.56 Å². The molecule has 2 unspecified atom stereocenters. The van der Waals surface area contributed by atoms with Crippen LogP contribution in [0.15, 0.2) is 48.5 Å². The van der Waals surface area contributed by atoms with Gasteiger partial charge in [-0.2, -0.15) is 0 Å². The van der Waals surface area contributed by atoms with Crippen molar-refractivity contribution in [2.45, 2.75) is 25.4 Å². The Morgan fingerprint density at radius 2 is 1.68 bits per heavy atom. The van der Waals surface area contributed by atoms with E-state index in [4.69, 9.17) is 14.7 Å². The Bertz CT molecular complexity index is 954. The summed E-state index contributed by atoms with van der Waals surface area (Å²) in [5.74, 6) is 1.37. The molecule has 5 heteroatoms. The smallest absolute Gasteiger partial charge is 0.118 e. The molecule has 5 nitrogen and oxygen atoms in total. The number of rotatable bonds is 5. The minimum atomic E-state index is 0.467. The fourth-order valence-electron chi connectivity index (χ4n) is 4.18. The second-order valence-electron chi connectivity index (χ2n) is 7.85. The third-order valence-electron chi connectivity index (χ3n) is 5.79. The van der Waals surface area contributed by atoms with Crippen molar-refractivity contribution in [2.24, 2.45) is 0 Å². The van der Waals surface area contributed by atoms with Gasteiger partial charge in [-0.15, -0.1) is 0 Å². The van der Waals surface area contributed by atoms with Gasteiger partial charge in [0.15, 0.2) is 0 Å². The molecule has 28 heavy (non-hydrogen) atoms. The van der Waals surface area contributed by atoms with E-state index in [9.17, 15) is 0 Å². The molecule has 0 spiro atoms. The Morgan fingerprint density at radius 3 is 2.32 bits per heavy atom. The van der Waals surface area contributed by atoms with Crippen molar-refractivity contribution in [1.82, 2.24) is 19.8 Å². The Balaban J connectivity index is 1.56. The van der Waals surface area contributed by atoms with Crippen molar-refractivity contribution in [3.8, 4) is 5.75 Å². The maximum atomic E-state index is 5.32. The maximum absolute atomic E-state index is 5.32. The Morgan fingerprint density at radius 1 is 1.00 bits per heavy atom. The number of ether oxygens (including phenoxy) is 1. The van der Waals surface area contributed by atoms with Crippen LogP contribution in [-0.4, -0.2) is 60.1 Å². The zero-order valence-corrected chi connectivity index (χ0v) is 17.1. The molecule has 1 aliphatic heterocycles. The van der Waals surface area contributed by atoms with Gasteiger partial charge in [0, 0.05) is 31.6 Å². The lowest BCUT2D eigenvalue weighted by Gasteiger charge is -2.25. The second kappa shape index (κ2) is 7.86. The minimum Gasteiger partial charge on any atom is -0.497 e. The van der Waals surface area contributed by atoms with Crippen LogP contribution in [0.4, 0.5) is 0 Å². The summed E-state index contributed by atoms with van der Waals surface area (Å²) in [6.07, 6.45) is 0. The van der Waals surface area contributed by atoms with Gasteiger partial charge in [0.2, 0.25) is 0 Å². The molecule has 0 radical (unpaired) electrons. The summed E-state index contributed by atoms with van der Waals surface area (Å²) < 4.78 is 5.32. The lowest BCUT2D eigenvalue weighted by molar-refractivity contribution is 0.258. The third-order valence-corrected chi connectivity index (χ3v) is 5.79. The van der Waals surface area contributed by atoms with Gasteiger partial charge in [0.05, 0.1) is 29.5 Å². The van der Waals surface area contributed by atoms with Crippen molar-refractivity contribution < 1.29 is 4.74 Å². The normalized spacial score (nSPS) is 20.2. The van der Waals surface area contributed by atoms with Crippen LogP contribution < -0.4 is 4.74 Å². The van der Waals surface area contributed by atoms with Gasteiger partial charge in [-0.25, -0.2) is 9.97 Å². The molecule has 2 aromatic carbocycles. The number of hydrogen-bond donors (Lipinski definition) is 0. The number of methoxy groups -OCH3 is 1. The van der Waals surface area contributed by atoms with Crippen LogP contribution in [0.5, 0.6) is 5.75 Å². The minimum absolute atomic E-state index is 0.467. The van der Waals surface area contributed by atoms with Crippen LogP contribution in [0.25, 0.3) is 11.0 Å². The highest BCUT2D eigenvalue weighted by Crippen LogP contribution is 2.32. The summed E-state index contributed by atoms with van der Waals surface area (Å²) in [4.78, 5) is 14.5. The van der Waals surface area contributed by atoms with Gasteiger partial charge < -0.3 is 9.64 Å². The fraction of sp³-hybridized carbons (Fsp3) is 0.391. The number of hydrogen-bond acceptors (Lipinski definition) is 5. The highest BCUT2D eigenvalue weighted by molar-refractivity contribution is 5.74. The van der Waals surface area contributed by atoms with E-state index < -0.39 is 0 Å². The summed E-state index contributed by atoms with van der Waals surface area (Å²) >= 11 is 0. The first-order chi connectivity index (χ1) is 13.5. The number of aromatic nitrogens is 2. The first kappa shape index (κ1) is 18.8. The van der Waals surface area contributed by atoms with E-state index in [-0.39, 0.29) is 0 Å². The molecular formula is C23H28N4O. The molecule has 0 N–H and O–H groups in total. The predicted octanol–water partition coefficient (Wildman–Crippen LogP) is 3.48. The van der Waals surface area contributed by atoms with Crippen molar-refractivity contribution in [3.63, 3.8) is 0 Å². The quantitative estimate of drug-likeness (QED) is 0.682. The first-order valence-electron chi connectivity index (χ1n) is 9.80.